The molecule has 0 aliphatic carbocycles. The van der Waals surface area contributed by atoms with Crippen LogP contribution in [0.4, 0.5) is 10.5 Å². The first-order valence-electron chi connectivity index (χ1n) is 11.1. The Kier molecular flexibility index (Phi) is 5.91. The molecule has 172 valence electrons. The van der Waals surface area contributed by atoms with Gasteiger partial charge in [0.25, 0.3) is 0 Å². The number of carbonyl (C=O) groups excluding carboxylic acids is 1. The van der Waals surface area contributed by atoms with E-state index in [0.29, 0.717) is 35.1 Å². The van der Waals surface area contributed by atoms with Gasteiger partial charge in [-0.1, -0.05) is 30.3 Å². The van der Waals surface area contributed by atoms with E-state index in [4.69, 9.17) is 14.2 Å². The van der Waals surface area contributed by atoms with Gasteiger partial charge in [-0.15, -0.1) is 0 Å². The fourth-order valence-electron chi connectivity index (χ4n) is 4.26. The van der Waals surface area contributed by atoms with Crippen LogP contribution in [-0.2, 0) is 6.42 Å². The molecule has 3 aromatic carbocycles. The number of pyridine rings is 1. The molecule has 1 aliphatic rings. The number of ether oxygens (including phenoxy) is 3. The summed E-state index contributed by atoms with van der Waals surface area (Å²) in [6, 6.07) is 23.2. The van der Waals surface area contributed by atoms with E-state index in [2.05, 4.69) is 22.4 Å². The molecule has 1 fully saturated rings. The highest BCUT2D eigenvalue weighted by molar-refractivity contribution is 5.95. The van der Waals surface area contributed by atoms with Gasteiger partial charge in [0.2, 0.25) is 0 Å². The third-order valence-corrected chi connectivity index (χ3v) is 5.89. The second-order valence-corrected chi connectivity index (χ2v) is 8.05. The Morgan fingerprint density at radius 2 is 1.74 bits per heavy atom. The summed E-state index contributed by atoms with van der Waals surface area (Å²) in [4.78, 5) is 18.8. The average molecular weight is 456 g/mol. The Morgan fingerprint density at radius 1 is 0.941 bits per heavy atom. The van der Waals surface area contributed by atoms with Gasteiger partial charge in [-0.3, -0.25) is 9.88 Å². The van der Waals surface area contributed by atoms with E-state index in [1.54, 1.807) is 25.3 Å². The van der Waals surface area contributed by atoms with Crippen LogP contribution in [0.25, 0.3) is 10.9 Å². The van der Waals surface area contributed by atoms with Crippen molar-refractivity contribution in [2.45, 2.75) is 12.5 Å². The number of hydrogen-bond acceptors (Lipinski definition) is 5. The van der Waals surface area contributed by atoms with Crippen LogP contribution in [0.1, 0.15) is 5.56 Å². The van der Waals surface area contributed by atoms with Crippen LogP contribution in [-0.4, -0.2) is 37.8 Å². The van der Waals surface area contributed by atoms with Gasteiger partial charge in [0, 0.05) is 23.8 Å². The maximum atomic E-state index is 12.6. The first kappa shape index (κ1) is 21.6. The summed E-state index contributed by atoms with van der Waals surface area (Å²) in [5.41, 5.74) is 2.69. The zero-order chi connectivity index (χ0) is 23.5. The molecule has 1 aliphatic heterocycles. The largest absolute Gasteiger partial charge is 0.493 e. The molecule has 1 atom stereocenters. The molecule has 0 radical (unpaired) electrons. The topological polar surface area (TPSA) is 72.9 Å². The number of anilines is 1. The summed E-state index contributed by atoms with van der Waals surface area (Å²) in [5.74, 6) is 2.48. The summed E-state index contributed by atoms with van der Waals surface area (Å²) in [5, 5.41) is 3.88. The first-order valence-corrected chi connectivity index (χ1v) is 11.1. The Morgan fingerprint density at radius 3 is 2.47 bits per heavy atom. The van der Waals surface area contributed by atoms with Crippen LogP contribution >= 0.6 is 0 Å². The number of amides is 2. The molecule has 0 spiro atoms. The molecule has 1 aromatic heterocycles. The van der Waals surface area contributed by atoms with Crippen molar-refractivity contribution in [3.63, 3.8) is 0 Å². The summed E-state index contributed by atoms with van der Waals surface area (Å²) in [6.45, 7) is 0.616. The van der Waals surface area contributed by atoms with Gasteiger partial charge in [0.05, 0.1) is 20.3 Å². The Balaban J connectivity index is 1.32. The lowest BCUT2D eigenvalue weighted by molar-refractivity contribution is 0.251. The van der Waals surface area contributed by atoms with Gasteiger partial charge in [0.1, 0.15) is 17.0 Å². The minimum Gasteiger partial charge on any atom is -0.493 e. The van der Waals surface area contributed by atoms with Crippen LogP contribution in [0.3, 0.4) is 0 Å². The van der Waals surface area contributed by atoms with E-state index in [1.165, 1.54) is 5.56 Å². The third-order valence-electron chi connectivity index (χ3n) is 5.89. The fourth-order valence-corrected chi connectivity index (χ4v) is 4.26. The van der Waals surface area contributed by atoms with E-state index in [1.807, 2.05) is 60.7 Å². The minimum absolute atomic E-state index is 0.0704. The molecule has 7 heteroatoms. The van der Waals surface area contributed by atoms with Crippen molar-refractivity contribution in [2.24, 2.45) is 0 Å². The highest BCUT2D eigenvalue weighted by Gasteiger charge is 2.29. The number of methoxy groups -OCH3 is 2. The monoisotopic (exact) mass is 455 g/mol. The molecule has 0 saturated carbocycles. The Labute approximate surface area is 197 Å². The second-order valence-electron chi connectivity index (χ2n) is 8.05. The highest BCUT2D eigenvalue weighted by Crippen LogP contribution is 2.39. The molecule has 4 aromatic rings. The van der Waals surface area contributed by atoms with Crippen molar-refractivity contribution >= 4 is 22.6 Å². The lowest BCUT2D eigenvalue weighted by atomic mass is 10.1. The zero-order valence-corrected chi connectivity index (χ0v) is 19.0. The van der Waals surface area contributed by atoms with Crippen LogP contribution in [0.2, 0.25) is 0 Å². The number of carbonyl (C=O) groups is 1. The molecule has 1 N–H and O–H groups in total. The number of rotatable bonds is 7. The SMILES string of the molecule is COc1ccc2c(Oc3ccc(N4CC(Cc5ccccc5)NC4=O)cc3)ccnc2c1OC. The molecule has 34 heavy (non-hydrogen) atoms. The summed E-state index contributed by atoms with van der Waals surface area (Å²) < 4.78 is 17.0. The molecule has 1 saturated heterocycles. The molecule has 1 unspecified atom stereocenters. The van der Waals surface area contributed by atoms with Crippen LogP contribution in [0, 0.1) is 0 Å². The summed E-state index contributed by atoms with van der Waals surface area (Å²) in [7, 11) is 3.18. The van der Waals surface area contributed by atoms with E-state index >= 15 is 0 Å². The van der Waals surface area contributed by atoms with Crippen molar-refractivity contribution in [1.29, 1.82) is 0 Å². The minimum atomic E-state index is -0.0873. The van der Waals surface area contributed by atoms with Crippen molar-refractivity contribution in [3.05, 3.63) is 84.6 Å². The predicted molar refractivity (Wildman–Crippen MR) is 131 cm³/mol. The number of nitrogens with one attached hydrogen (secondary N) is 1. The Bertz CT molecular complexity index is 1310. The smallest absolute Gasteiger partial charge is 0.322 e. The number of benzene rings is 3. The molecule has 2 heterocycles. The maximum absolute atomic E-state index is 12.6. The third kappa shape index (κ3) is 4.20. The van der Waals surface area contributed by atoms with Gasteiger partial charge in [-0.05, 0) is 54.4 Å². The summed E-state index contributed by atoms with van der Waals surface area (Å²) >= 11 is 0. The molecular weight excluding hydrogens is 430 g/mol. The fraction of sp³-hybridized carbons (Fsp3) is 0.185. The van der Waals surface area contributed by atoms with Crippen molar-refractivity contribution in [3.8, 4) is 23.0 Å². The standard InChI is InChI=1S/C27H25N3O4/c1-32-24-13-12-22-23(14-15-28-25(22)26(24)33-2)34-21-10-8-20(9-11-21)30-17-19(29-27(30)31)16-18-6-4-3-5-7-18/h3-15,19H,16-17H2,1-2H3,(H,29,31). The number of hydrogen-bond donors (Lipinski definition) is 1. The van der Waals surface area contributed by atoms with Crippen molar-refractivity contribution < 1.29 is 19.0 Å². The average Bonchev–Trinajstić information content (AvgIpc) is 3.24. The normalized spacial score (nSPS) is 15.3. The van der Waals surface area contributed by atoms with Crippen molar-refractivity contribution in [2.75, 3.05) is 25.7 Å². The van der Waals surface area contributed by atoms with Gasteiger partial charge in [-0.2, -0.15) is 0 Å². The van der Waals surface area contributed by atoms with Gasteiger partial charge in [-0.25, -0.2) is 4.79 Å². The molecular formula is C27H25N3O4. The second kappa shape index (κ2) is 9.31. The van der Waals surface area contributed by atoms with E-state index < -0.39 is 0 Å². The lowest BCUT2D eigenvalue weighted by Gasteiger charge is -2.16. The Hall–Kier alpha value is -4.26. The first-order chi connectivity index (χ1) is 16.7. The number of urea groups is 1. The predicted octanol–water partition coefficient (Wildman–Crippen LogP) is 5.19. The maximum Gasteiger partial charge on any atom is 0.322 e. The zero-order valence-electron chi connectivity index (χ0n) is 19.0. The van der Waals surface area contributed by atoms with Crippen LogP contribution in [0.15, 0.2) is 79.0 Å². The molecule has 5 rings (SSSR count). The van der Waals surface area contributed by atoms with Gasteiger partial charge in [0.15, 0.2) is 11.5 Å². The van der Waals surface area contributed by atoms with E-state index in [9.17, 15) is 4.79 Å². The summed E-state index contributed by atoms with van der Waals surface area (Å²) in [6.07, 6.45) is 2.48. The van der Waals surface area contributed by atoms with Crippen molar-refractivity contribution in [1.82, 2.24) is 10.3 Å². The van der Waals surface area contributed by atoms with Gasteiger partial charge >= 0.3 is 6.03 Å². The number of fused-ring (bicyclic) bond motifs is 1. The molecule has 0 bridgehead atoms. The molecule has 7 nitrogen and oxygen atoms in total. The van der Waals surface area contributed by atoms with Gasteiger partial charge < -0.3 is 19.5 Å². The van der Waals surface area contributed by atoms with E-state index in [0.717, 1.165) is 17.5 Å². The quantitative estimate of drug-likeness (QED) is 0.415. The van der Waals surface area contributed by atoms with Crippen LogP contribution < -0.4 is 24.4 Å². The van der Waals surface area contributed by atoms with Crippen LogP contribution in [0.5, 0.6) is 23.0 Å². The van der Waals surface area contributed by atoms with E-state index in [-0.39, 0.29) is 12.1 Å². The lowest BCUT2D eigenvalue weighted by Crippen LogP contribution is -2.29. The highest BCUT2D eigenvalue weighted by atomic mass is 16.5. The molecule has 2 amide bonds. The number of nitrogens with zero attached hydrogens (tertiary/aromatic N) is 2. The number of aromatic nitrogens is 1.